The van der Waals surface area contributed by atoms with Gasteiger partial charge in [-0.05, 0) is 32.4 Å². The maximum atomic E-state index is 11.5. The van der Waals surface area contributed by atoms with Gasteiger partial charge in [0.2, 0.25) is 5.91 Å². The number of hydrogen-bond acceptors (Lipinski definition) is 4. The molecule has 1 aliphatic rings. The number of amides is 1. The van der Waals surface area contributed by atoms with Gasteiger partial charge in [0, 0.05) is 6.42 Å². The Hall–Kier alpha value is -0.810. The summed E-state index contributed by atoms with van der Waals surface area (Å²) in [7, 11) is 1.31. The molecule has 0 radical (unpaired) electrons. The molecule has 0 aliphatic carbocycles. The van der Waals surface area contributed by atoms with Crippen LogP contribution in [0.3, 0.4) is 0 Å². The third-order valence-electron chi connectivity index (χ3n) is 2.57. The van der Waals surface area contributed by atoms with Gasteiger partial charge in [0.25, 0.3) is 0 Å². The zero-order valence-electron chi connectivity index (χ0n) is 9.62. The molecule has 1 heterocycles. The van der Waals surface area contributed by atoms with E-state index in [1.54, 1.807) is 6.92 Å². The quantitative estimate of drug-likeness (QED) is 0.694. The van der Waals surface area contributed by atoms with Crippen molar-refractivity contribution in [1.29, 1.82) is 0 Å². The van der Waals surface area contributed by atoms with Crippen molar-refractivity contribution < 1.29 is 14.3 Å². The molecule has 94 valence electrons. The number of nitrogens with one attached hydrogen (secondary N) is 2. The Kier molecular flexibility index (Phi) is 7.08. The van der Waals surface area contributed by atoms with Crippen LogP contribution in [0.25, 0.3) is 0 Å². The lowest BCUT2D eigenvalue weighted by Crippen LogP contribution is -2.39. The number of halogens is 1. The van der Waals surface area contributed by atoms with Gasteiger partial charge >= 0.3 is 5.97 Å². The van der Waals surface area contributed by atoms with E-state index in [1.165, 1.54) is 7.11 Å². The number of hydrogen-bond donors (Lipinski definition) is 2. The van der Waals surface area contributed by atoms with E-state index < -0.39 is 12.0 Å². The number of esters is 1. The highest BCUT2D eigenvalue weighted by Gasteiger charge is 2.21. The molecule has 6 heteroatoms. The second-order valence-electron chi connectivity index (χ2n) is 3.88. The van der Waals surface area contributed by atoms with Crippen LogP contribution in [-0.2, 0) is 14.3 Å². The lowest BCUT2D eigenvalue weighted by Gasteiger charge is -2.13. The fourth-order valence-corrected chi connectivity index (χ4v) is 1.69. The molecule has 0 saturated carbocycles. The molecule has 0 bridgehead atoms. The maximum absolute atomic E-state index is 11.5. The van der Waals surface area contributed by atoms with E-state index in [2.05, 4.69) is 15.4 Å². The molecule has 0 spiro atoms. The van der Waals surface area contributed by atoms with Crippen LogP contribution < -0.4 is 10.6 Å². The number of rotatable bonds is 4. The Labute approximate surface area is 102 Å². The van der Waals surface area contributed by atoms with Crippen molar-refractivity contribution in [3.63, 3.8) is 0 Å². The van der Waals surface area contributed by atoms with E-state index in [0.29, 0.717) is 12.3 Å². The average molecular weight is 251 g/mol. The molecule has 5 nitrogen and oxygen atoms in total. The van der Waals surface area contributed by atoms with Gasteiger partial charge in [-0.2, -0.15) is 0 Å². The fraction of sp³-hybridized carbons (Fsp3) is 0.800. The highest BCUT2D eigenvalue weighted by molar-refractivity contribution is 5.85. The van der Waals surface area contributed by atoms with Crippen LogP contribution in [0.2, 0.25) is 0 Å². The Morgan fingerprint density at radius 2 is 2.25 bits per heavy atom. The highest BCUT2D eigenvalue weighted by atomic mass is 35.5. The Morgan fingerprint density at radius 3 is 2.75 bits per heavy atom. The minimum atomic E-state index is -0.558. The summed E-state index contributed by atoms with van der Waals surface area (Å²) in [5.41, 5.74) is 0. The molecule has 0 aromatic heterocycles. The number of carbonyl (C=O) groups excluding carboxylic acids is 2. The van der Waals surface area contributed by atoms with Crippen LogP contribution in [0.1, 0.15) is 19.8 Å². The standard InChI is InChI=1S/C10H18N2O3.ClH/c1-7(10(14)15-2)12-9(13)5-8-3-4-11-6-8;/h7-8,11H,3-6H2,1-2H3,(H,12,13);1H/t7-,8?;/m0./s1. The number of methoxy groups -OCH3 is 1. The van der Waals surface area contributed by atoms with Crippen molar-refractivity contribution >= 4 is 24.3 Å². The highest BCUT2D eigenvalue weighted by Crippen LogP contribution is 2.11. The van der Waals surface area contributed by atoms with Crippen molar-refractivity contribution in [2.45, 2.75) is 25.8 Å². The van der Waals surface area contributed by atoms with Gasteiger partial charge in [-0.25, -0.2) is 4.79 Å². The first-order valence-corrected chi connectivity index (χ1v) is 5.21. The van der Waals surface area contributed by atoms with Crippen LogP contribution in [0.5, 0.6) is 0 Å². The Balaban J connectivity index is 0.00000225. The molecule has 1 amide bonds. The molecule has 1 aliphatic heterocycles. The zero-order chi connectivity index (χ0) is 11.3. The summed E-state index contributed by atoms with van der Waals surface area (Å²) < 4.78 is 4.52. The first kappa shape index (κ1) is 15.2. The molecule has 1 saturated heterocycles. The van der Waals surface area contributed by atoms with Crippen molar-refractivity contribution in [1.82, 2.24) is 10.6 Å². The van der Waals surface area contributed by atoms with E-state index in [9.17, 15) is 9.59 Å². The smallest absolute Gasteiger partial charge is 0.328 e. The van der Waals surface area contributed by atoms with Crippen LogP contribution in [0.4, 0.5) is 0 Å². The van der Waals surface area contributed by atoms with E-state index in [1.807, 2.05) is 0 Å². The van der Waals surface area contributed by atoms with E-state index in [4.69, 9.17) is 0 Å². The second-order valence-corrected chi connectivity index (χ2v) is 3.88. The third kappa shape index (κ3) is 4.81. The Bertz CT molecular complexity index is 242. The summed E-state index contributed by atoms with van der Waals surface area (Å²) in [6.45, 7) is 3.49. The molecule has 2 N–H and O–H groups in total. The van der Waals surface area contributed by atoms with Gasteiger partial charge in [-0.3, -0.25) is 4.79 Å². The van der Waals surface area contributed by atoms with Crippen molar-refractivity contribution in [2.75, 3.05) is 20.2 Å². The van der Waals surface area contributed by atoms with Gasteiger partial charge in [0.05, 0.1) is 7.11 Å². The fourth-order valence-electron chi connectivity index (χ4n) is 1.69. The van der Waals surface area contributed by atoms with Crippen molar-refractivity contribution in [3.8, 4) is 0 Å². The van der Waals surface area contributed by atoms with Crippen LogP contribution in [-0.4, -0.2) is 38.1 Å². The second kappa shape index (κ2) is 7.46. The summed E-state index contributed by atoms with van der Waals surface area (Å²) in [5.74, 6) is -0.0932. The van der Waals surface area contributed by atoms with Gasteiger partial charge in [-0.15, -0.1) is 12.4 Å². The summed E-state index contributed by atoms with van der Waals surface area (Å²) in [6, 6.07) is -0.558. The van der Waals surface area contributed by atoms with E-state index in [0.717, 1.165) is 19.5 Å². The summed E-state index contributed by atoms with van der Waals surface area (Å²) in [5, 5.41) is 5.81. The summed E-state index contributed by atoms with van der Waals surface area (Å²) in [4.78, 5) is 22.5. The molecule has 2 atom stereocenters. The maximum Gasteiger partial charge on any atom is 0.328 e. The predicted octanol–water partition coefficient (Wildman–Crippen LogP) is 0.0855. The molecule has 0 aromatic rings. The SMILES string of the molecule is COC(=O)[C@H](C)NC(=O)CC1CCNC1.Cl. The van der Waals surface area contributed by atoms with Crippen LogP contribution >= 0.6 is 12.4 Å². The summed E-state index contributed by atoms with van der Waals surface area (Å²) >= 11 is 0. The summed E-state index contributed by atoms with van der Waals surface area (Å²) in [6.07, 6.45) is 1.51. The molecular formula is C10H19ClN2O3. The first-order chi connectivity index (χ1) is 7.13. The molecule has 1 fully saturated rings. The van der Waals surface area contributed by atoms with Crippen molar-refractivity contribution in [3.05, 3.63) is 0 Å². The van der Waals surface area contributed by atoms with E-state index in [-0.39, 0.29) is 18.3 Å². The minimum Gasteiger partial charge on any atom is -0.467 e. The molecular weight excluding hydrogens is 232 g/mol. The average Bonchev–Trinajstić information content (AvgIpc) is 2.68. The lowest BCUT2D eigenvalue weighted by atomic mass is 10.0. The molecule has 16 heavy (non-hydrogen) atoms. The normalized spacial score (nSPS) is 20.8. The number of carbonyl (C=O) groups is 2. The van der Waals surface area contributed by atoms with Gasteiger partial charge in [0.1, 0.15) is 6.04 Å². The van der Waals surface area contributed by atoms with Crippen LogP contribution in [0.15, 0.2) is 0 Å². The first-order valence-electron chi connectivity index (χ1n) is 5.21. The largest absolute Gasteiger partial charge is 0.467 e. The van der Waals surface area contributed by atoms with Crippen molar-refractivity contribution in [2.24, 2.45) is 5.92 Å². The van der Waals surface area contributed by atoms with Gasteiger partial charge in [-0.1, -0.05) is 0 Å². The van der Waals surface area contributed by atoms with E-state index >= 15 is 0 Å². The molecule has 1 rings (SSSR count). The van der Waals surface area contributed by atoms with Gasteiger partial charge in [0.15, 0.2) is 0 Å². The molecule has 1 unspecified atom stereocenters. The van der Waals surface area contributed by atoms with Crippen LogP contribution in [0, 0.1) is 5.92 Å². The topological polar surface area (TPSA) is 67.4 Å². The minimum absolute atomic E-state index is 0. The predicted molar refractivity (Wildman–Crippen MR) is 62.5 cm³/mol. The Morgan fingerprint density at radius 1 is 1.56 bits per heavy atom. The lowest BCUT2D eigenvalue weighted by molar-refractivity contribution is -0.144. The van der Waals surface area contributed by atoms with Gasteiger partial charge < -0.3 is 15.4 Å². The zero-order valence-corrected chi connectivity index (χ0v) is 10.4. The molecule has 0 aromatic carbocycles. The third-order valence-corrected chi connectivity index (χ3v) is 2.57. The number of ether oxygens (including phenoxy) is 1. The monoisotopic (exact) mass is 250 g/mol.